The molecule has 0 heterocycles. The summed E-state index contributed by atoms with van der Waals surface area (Å²) >= 11 is 0. The maximum atomic E-state index is 13.2. The molecule has 0 saturated heterocycles. The van der Waals surface area contributed by atoms with Crippen molar-refractivity contribution in [3.8, 4) is 5.75 Å². The van der Waals surface area contributed by atoms with Crippen molar-refractivity contribution in [3.63, 3.8) is 0 Å². The largest absolute Gasteiger partial charge is 0.476 e. The lowest BCUT2D eigenvalue weighted by Crippen LogP contribution is -2.25. The van der Waals surface area contributed by atoms with Crippen molar-refractivity contribution in [2.45, 2.75) is 20.0 Å². The molecule has 1 unspecified atom stereocenters. The van der Waals surface area contributed by atoms with Gasteiger partial charge in [-0.1, -0.05) is 6.07 Å². The van der Waals surface area contributed by atoms with Crippen LogP contribution in [0.1, 0.15) is 12.5 Å². The molecule has 15 heavy (non-hydrogen) atoms. The zero-order valence-electron chi connectivity index (χ0n) is 8.91. The Bertz CT molecular complexity index is 363. The smallest absolute Gasteiger partial charge is 0.346 e. The summed E-state index contributed by atoms with van der Waals surface area (Å²) in [6.45, 7) is 3.32. The number of rotatable bonds is 3. The van der Waals surface area contributed by atoms with E-state index in [1.54, 1.807) is 6.07 Å². The highest BCUT2D eigenvalue weighted by Crippen LogP contribution is 2.19. The first-order valence-corrected chi connectivity index (χ1v) is 4.55. The van der Waals surface area contributed by atoms with Crippen LogP contribution in [0, 0.1) is 12.7 Å². The number of ether oxygens (including phenoxy) is 2. The van der Waals surface area contributed by atoms with Crippen LogP contribution in [0.25, 0.3) is 0 Å². The van der Waals surface area contributed by atoms with E-state index in [1.165, 1.54) is 26.2 Å². The van der Waals surface area contributed by atoms with Crippen LogP contribution in [-0.4, -0.2) is 19.2 Å². The Morgan fingerprint density at radius 2 is 2.13 bits per heavy atom. The highest BCUT2D eigenvalue weighted by atomic mass is 19.1. The van der Waals surface area contributed by atoms with E-state index in [0.717, 1.165) is 5.56 Å². The summed E-state index contributed by atoms with van der Waals surface area (Å²) in [5, 5.41) is 0. The van der Waals surface area contributed by atoms with E-state index < -0.39 is 17.9 Å². The molecule has 1 aromatic carbocycles. The van der Waals surface area contributed by atoms with E-state index in [2.05, 4.69) is 4.74 Å². The minimum atomic E-state index is -0.814. The molecule has 0 radical (unpaired) electrons. The molecule has 0 amide bonds. The predicted molar refractivity (Wildman–Crippen MR) is 53.2 cm³/mol. The van der Waals surface area contributed by atoms with E-state index in [4.69, 9.17) is 4.74 Å². The van der Waals surface area contributed by atoms with Crippen LogP contribution in [0.4, 0.5) is 4.39 Å². The molecule has 0 aliphatic rings. The third-order valence-corrected chi connectivity index (χ3v) is 1.92. The quantitative estimate of drug-likeness (QED) is 0.719. The Morgan fingerprint density at radius 1 is 1.47 bits per heavy atom. The fraction of sp³-hybridized carbons (Fsp3) is 0.364. The van der Waals surface area contributed by atoms with Gasteiger partial charge < -0.3 is 9.47 Å². The number of hydrogen-bond donors (Lipinski definition) is 0. The van der Waals surface area contributed by atoms with Crippen molar-refractivity contribution in [3.05, 3.63) is 29.6 Å². The van der Waals surface area contributed by atoms with Gasteiger partial charge in [-0.25, -0.2) is 9.18 Å². The lowest BCUT2D eigenvalue weighted by atomic mass is 10.2. The number of benzene rings is 1. The molecule has 4 heteroatoms. The van der Waals surface area contributed by atoms with Crippen LogP contribution in [0.15, 0.2) is 18.2 Å². The Labute approximate surface area is 87.8 Å². The fourth-order valence-electron chi connectivity index (χ4n) is 1.11. The Hall–Kier alpha value is -1.58. The summed E-state index contributed by atoms with van der Waals surface area (Å²) in [6, 6.07) is 4.47. The third-order valence-electron chi connectivity index (χ3n) is 1.92. The number of hydrogen-bond acceptors (Lipinski definition) is 3. The molecule has 1 atom stereocenters. The predicted octanol–water partition coefficient (Wildman–Crippen LogP) is 2.07. The van der Waals surface area contributed by atoms with Gasteiger partial charge in [0.05, 0.1) is 7.11 Å². The summed E-state index contributed by atoms with van der Waals surface area (Å²) < 4.78 is 22.8. The van der Waals surface area contributed by atoms with Crippen molar-refractivity contribution in [1.29, 1.82) is 0 Å². The zero-order chi connectivity index (χ0) is 11.4. The number of esters is 1. The first-order valence-electron chi connectivity index (χ1n) is 4.55. The second kappa shape index (κ2) is 4.77. The van der Waals surface area contributed by atoms with Gasteiger partial charge in [-0.2, -0.15) is 0 Å². The second-order valence-electron chi connectivity index (χ2n) is 3.22. The highest BCUT2D eigenvalue weighted by Gasteiger charge is 2.16. The number of methoxy groups -OCH3 is 1. The van der Waals surface area contributed by atoms with Gasteiger partial charge in [0.15, 0.2) is 17.7 Å². The molecule has 0 fully saturated rings. The van der Waals surface area contributed by atoms with Crippen molar-refractivity contribution >= 4 is 5.97 Å². The van der Waals surface area contributed by atoms with Gasteiger partial charge in [-0.15, -0.1) is 0 Å². The second-order valence-corrected chi connectivity index (χ2v) is 3.22. The maximum Gasteiger partial charge on any atom is 0.346 e. The van der Waals surface area contributed by atoms with E-state index >= 15 is 0 Å². The molecule has 0 spiro atoms. The number of halogens is 1. The summed E-state index contributed by atoms with van der Waals surface area (Å²) in [5.41, 5.74) is 0.864. The molecular formula is C11H13FO3. The van der Waals surface area contributed by atoms with Gasteiger partial charge in [-0.05, 0) is 31.5 Å². The van der Waals surface area contributed by atoms with Gasteiger partial charge in [0, 0.05) is 0 Å². The lowest BCUT2D eigenvalue weighted by Gasteiger charge is -2.13. The van der Waals surface area contributed by atoms with Gasteiger partial charge in [0.1, 0.15) is 0 Å². The molecule has 0 bridgehead atoms. The minimum absolute atomic E-state index is 0.0629. The van der Waals surface area contributed by atoms with Gasteiger partial charge in [0.25, 0.3) is 0 Å². The SMILES string of the molecule is COC(=O)C(C)Oc1cc(C)ccc1F. The van der Waals surface area contributed by atoms with Gasteiger partial charge in [-0.3, -0.25) is 0 Å². The highest BCUT2D eigenvalue weighted by molar-refractivity contribution is 5.74. The molecular weight excluding hydrogens is 199 g/mol. The molecule has 0 aliphatic carbocycles. The Kier molecular flexibility index (Phi) is 3.66. The van der Waals surface area contributed by atoms with Crippen LogP contribution in [0.2, 0.25) is 0 Å². The average Bonchev–Trinajstić information content (AvgIpc) is 2.22. The maximum absolute atomic E-state index is 13.2. The van der Waals surface area contributed by atoms with E-state index in [0.29, 0.717) is 0 Å². The van der Waals surface area contributed by atoms with Gasteiger partial charge >= 0.3 is 5.97 Å². The zero-order valence-corrected chi connectivity index (χ0v) is 8.91. The number of carbonyl (C=O) groups excluding carboxylic acids is 1. The van der Waals surface area contributed by atoms with Gasteiger partial charge in [0.2, 0.25) is 0 Å². The molecule has 0 aromatic heterocycles. The van der Waals surface area contributed by atoms with Crippen molar-refractivity contribution in [1.82, 2.24) is 0 Å². The van der Waals surface area contributed by atoms with Crippen LogP contribution < -0.4 is 4.74 Å². The Morgan fingerprint density at radius 3 is 2.73 bits per heavy atom. The molecule has 1 aromatic rings. The molecule has 3 nitrogen and oxygen atoms in total. The first kappa shape index (κ1) is 11.5. The molecule has 0 N–H and O–H groups in total. The molecule has 0 aliphatic heterocycles. The third kappa shape index (κ3) is 2.94. The summed E-state index contributed by atoms with van der Waals surface area (Å²) in [5.74, 6) is -0.958. The summed E-state index contributed by atoms with van der Waals surface area (Å²) in [4.78, 5) is 11.0. The number of aryl methyl sites for hydroxylation is 1. The minimum Gasteiger partial charge on any atom is -0.476 e. The van der Waals surface area contributed by atoms with Crippen LogP contribution >= 0.6 is 0 Å². The van der Waals surface area contributed by atoms with Crippen LogP contribution in [0.5, 0.6) is 5.75 Å². The average molecular weight is 212 g/mol. The normalized spacial score (nSPS) is 12.0. The molecule has 82 valence electrons. The van der Waals surface area contributed by atoms with E-state index in [9.17, 15) is 9.18 Å². The topological polar surface area (TPSA) is 35.5 Å². The lowest BCUT2D eigenvalue weighted by molar-refractivity contribution is -0.148. The standard InChI is InChI=1S/C11H13FO3/c1-7-4-5-9(12)10(6-7)15-8(2)11(13)14-3/h4-6,8H,1-3H3. The first-order chi connectivity index (χ1) is 7.04. The summed E-state index contributed by atoms with van der Waals surface area (Å²) in [7, 11) is 1.26. The number of carbonyl (C=O) groups is 1. The van der Waals surface area contributed by atoms with Crippen molar-refractivity contribution in [2.24, 2.45) is 0 Å². The molecule has 1 rings (SSSR count). The molecule has 0 saturated carbocycles. The van der Waals surface area contributed by atoms with E-state index in [1.807, 2.05) is 6.92 Å². The van der Waals surface area contributed by atoms with Crippen LogP contribution in [0.3, 0.4) is 0 Å². The van der Waals surface area contributed by atoms with Crippen molar-refractivity contribution < 1.29 is 18.7 Å². The van der Waals surface area contributed by atoms with E-state index in [-0.39, 0.29) is 5.75 Å². The Balaban J connectivity index is 2.80. The van der Waals surface area contributed by atoms with Crippen LogP contribution in [-0.2, 0) is 9.53 Å². The van der Waals surface area contributed by atoms with Crippen molar-refractivity contribution in [2.75, 3.05) is 7.11 Å². The fourth-order valence-corrected chi connectivity index (χ4v) is 1.11. The summed E-state index contributed by atoms with van der Waals surface area (Å²) in [6.07, 6.45) is -0.814. The monoisotopic (exact) mass is 212 g/mol.